The van der Waals surface area contributed by atoms with Crippen molar-refractivity contribution in [3.8, 4) is 0 Å². The van der Waals surface area contributed by atoms with E-state index in [0.717, 1.165) is 0 Å². The average Bonchev–Trinajstić information content (AvgIpc) is 2.69. The molecule has 0 radical (unpaired) electrons. The third kappa shape index (κ3) is 10.3. The van der Waals surface area contributed by atoms with Crippen LogP contribution in [0.5, 0.6) is 0 Å². The minimum atomic E-state index is -0.835. The van der Waals surface area contributed by atoms with E-state index in [1.54, 1.807) is 27.7 Å². The number of alkyl carbamates (subject to hydrolysis) is 1. The van der Waals surface area contributed by atoms with Crippen molar-refractivity contribution in [3.63, 3.8) is 0 Å². The van der Waals surface area contributed by atoms with Crippen LogP contribution in [-0.2, 0) is 14.3 Å². The van der Waals surface area contributed by atoms with Crippen LogP contribution in [0.2, 0.25) is 0 Å². The van der Waals surface area contributed by atoms with Gasteiger partial charge in [-0.3, -0.25) is 19.7 Å². The molecule has 0 saturated carbocycles. The van der Waals surface area contributed by atoms with Crippen molar-refractivity contribution in [2.75, 3.05) is 11.9 Å². The number of benzene rings is 1. The number of carbonyl (C=O) groups is 3. The summed E-state index contributed by atoms with van der Waals surface area (Å²) < 4.78 is 5.28. The lowest BCUT2D eigenvalue weighted by Gasteiger charge is -2.27. The van der Waals surface area contributed by atoms with Crippen LogP contribution in [0.25, 0.3) is 0 Å². The van der Waals surface area contributed by atoms with Gasteiger partial charge < -0.3 is 26.0 Å². The first kappa shape index (κ1) is 27.8. The van der Waals surface area contributed by atoms with Gasteiger partial charge in [0.25, 0.3) is 5.69 Å². The maximum absolute atomic E-state index is 12.5. The molecule has 3 amide bonds. The van der Waals surface area contributed by atoms with Crippen LogP contribution in [0.15, 0.2) is 24.3 Å². The average molecular weight is 466 g/mol. The number of nitro groups is 1. The molecule has 0 aromatic heterocycles. The van der Waals surface area contributed by atoms with Crippen molar-refractivity contribution in [1.29, 1.82) is 0 Å². The predicted molar refractivity (Wildman–Crippen MR) is 125 cm³/mol. The van der Waals surface area contributed by atoms with Crippen LogP contribution < -0.4 is 21.3 Å². The molecule has 184 valence electrons. The normalized spacial score (nSPS) is 14.1. The van der Waals surface area contributed by atoms with Crippen LogP contribution in [-0.4, -0.2) is 53.1 Å². The summed E-state index contributed by atoms with van der Waals surface area (Å²) >= 11 is 0. The molecule has 11 heteroatoms. The number of nitrogens with zero attached hydrogens (tertiary/aromatic N) is 1. The summed E-state index contributed by atoms with van der Waals surface area (Å²) in [5.74, 6) is -0.760. The Morgan fingerprint density at radius 1 is 0.970 bits per heavy atom. The van der Waals surface area contributed by atoms with Crippen LogP contribution >= 0.6 is 0 Å². The van der Waals surface area contributed by atoms with Crippen LogP contribution in [0, 0.1) is 16.0 Å². The molecule has 0 aliphatic heterocycles. The molecular weight excluding hydrogens is 430 g/mol. The highest BCUT2D eigenvalue weighted by Gasteiger charge is 2.24. The molecule has 33 heavy (non-hydrogen) atoms. The minimum Gasteiger partial charge on any atom is -0.444 e. The second kappa shape index (κ2) is 12.1. The van der Waals surface area contributed by atoms with Crippen molar-refractivity contribution >= 4 is 29.3 Å². The highest BCUT2D eigenvalue weighted by atomic mass is 16.6. The summed E-state index contributed by atoms with van der Waals surface area (Å²) in [6.07, 6.45) is -0.531. The highest BCUT2D eigenvalue weighted by molar-refractivity contribution is 5.97. The topological polar surface area (TPSA) is 152 Å². The van der Waals surface area contributed by atoms with E-state index in [-0.39, 0.29) is 23.6 Å². The van der Waals surface area contributed by atoms with Gasteiger partial charge in [0.2, 0.25) is 11.8 Å². The van der Waals surface area contributed by atoms with Crippen LogP contribution in [0.1, 0.15) is 48.5 Å². The summed E-state index contributed by atoms with van der Waals surface area (Å²) in [7, 11) is 0. The fraction of sp³-hybridized carbons (Fsp3) is 0.591. The Labute approximate surface area is 194 Å². The maximum atomic E-state index is 12.5. The number of amides is 3. The number of hydrogen-bond donors (Lipinski definition) is 4. The van der Waals surface area contributed by atoms with Gasteiger partial charge >= 0.3 is 6.09 Å². The van der Waals surface area contributed by atoms with Gasteiger partial charge in [0.05, 0.1) is 11.0 Å². The fourth-order valence-electron chi connectivity index (χ4n) is 2.63. The van der Waals surface area contributed by atoms with Crippen molar-refractivity contribution in [2.24, 2.45) is 5.92 Å². The van der Waals surface area contributed by atoms with Gasteiger partial charge in [-0.15, -0.1) is 0 Å². The first-order valence-electron chi connectivity index (χ1n) is 10.8. The first-order valence-corrected chi connectivity index (χ1v) is 10.8. The number of hydrogen-bond acceptors (Lipinski definition) is 7. The zero-order valence-corrected chi connectivity index (χ0v) is 20.2. The molecule has 4 N–H and O–H groups in total. The molecule has 0 bridgehead atoms. The largest absolute Gasteiger partial charge is 0.444 e. The molecule has 0 aliphatic carbocycles. The molecule has 11 nitrogen and oxygen atoms in total. The van der Waals surface area contributed by atoms with Crippen molar-refractivity contribution in [2.45, 2.75) is 72.2 Å². The standard InChI is InChI=1S/C22H35N5O6/c1-13(2)18(26-21(30)33-22(5,6)7)12-23-14(3)19(28)24-15(4)20(29)25-16-8-10-17(11-9-16)27(31)32/h8-11,13-15,18,23H,12H2,1-7H3,(H,24,28)(H,25,29)(H,26,30)/t14-,15-,18+/m0/s1. The molecule has 1 rings (SSSR count). The van der Waals surface area contributed by atoms with Crippen molar-refractivity contribution < 1.29 is 24.0 Å². The smallest absolute Gasteiger partial charge is 0.407 e. The zero-order chi connectivity index (χ0) is 25.3. The van der Waals surface area contributed by atoms with E-state index in [4.69, 9.17) is 4.74 Å². The summed E-state index contributed by atoms with van der Waals surface area (Å²) in [6.45, 7) is 12.7. The molecule has 0 saturated heterocycles. The van der Waals surface area contributed by atoms with Gasteiger partial charge in [-0.05, 0) is 52.7 Å². The number of nitro benzene ring substituents is 1. The lowest BCUT2D eigenvalue weighted by atomic mass is 10.0. The minimum absolute atomic E-state index is 0.0879. The highest BCUT2D eigenvalue weighted by Crippen LogP contribution is 2.15. The quantitative estimate of drug-likeness (QED) is 0.306. The van der Waals surface area contributed by atoms with E-state index in [1.807, 2.05) is 13.8 Å². The lowest BCUT2D eigenvalue weighted by Crippen LogP contribution is -2.53. The number of non-ortho nitro benzene ring substituents is 1. The van der Waals surface area contributed by atoms with Gasteiger partial charge in [0.15, 0.2) is 0 Å². The summed E-state index contributed by atoms with van der Waals surface area (Å²) in [5, 5.41) is 21.8. The Balaban J connectivity index is 2.55. The third-order valence-corrected chi connectivity index (χ3v) is 4.64. The SMILES string of the molecule is CC(C)[C@@H](CN[C@@H](C)C(=O)N[C@@H](C)C(=O)Nc1ccc([N+](=O)[O-])cc1)NC(=O)OC(C)(C)C. The molecule has 0 aliphatic rings. The number of rotatable bonds is 10. The molecule has 0 fully saturated rings. The lowest BCUT2D eigenvalue weighted by molar-refractivity contribution is -0.384. The Morgan fingerprint density at radius 3 is 2.03 bits per heavy atom. The second-order valence-electron chi connectivity index (χ2n) is 9.15. The van der Waals surface area contributed by atoms with Gasteiger partial charge in [-0.1, -0.05) is 13.8 Å². The van der Waals surface area contributed by atoms with Gasteiger partial charge in [-0.2, -0.15) is 0 Å². The zero-order valence-electron chi connectivity index (χ0n) is 20.2. The van der Waals surface area contributed by atoms with E-state index >= 15 is 0 Å². The number of carbonyl (C=O) groups excluding carboxylic acids is 3. The third-order valence-electron chi connectivity index (χ3n) is 4.64. The fourth-order valence-corrected chi connectivity index (χ4v) is 2.63. The number of ether oxygens (including phenoxy) is 1. The molecule has 1 aromatic rings. The van der Waals surface area contributed by atoms with Crippen LogP contribution in [0.4, 0.5) is 16.2 Å². The second-order valence-corrected chi connectivity index (χ2v) is 9.15. The molecule has 0 spiro atoms. The molecule has 0 heterocycles. The number of nitrogens with one attached hydrogen (secondary N) is 4. The Morgan fingerprint density at radius 2 is 1.55 bits per heavy atom. The molecule has 1 aromatic carbocycles. The predicted octanol–water partition coefficient (Wildman–Crippen LogP) is 2.57. The molecule has 3 atom stereocenters. The van der Waals surface area contributed by atoms with E-state index in [0.29, 0.717) is 12.2 Å². The van der Waals surface area contributed by atoms with E-state index in [9.17, 15) is 24.5 Å². The summed E-state index contributed by atoms with van der Waals surface area (Å²) in [4.78, 5) is 47.1. The van der Waals surface area contributed by atoms with E-state index in [2.05, 4.69) is 21.3 Å². The molecule has 0 unspecified atom stereocenters. The Hall–Kier alpha value is -3.21. The van der Waals surface area contributed by atoms with Crippen molar-refractivity contribution in [3.05, 3.63) is 34.4 Å². The van der Waals surface area contributed by atoms with Gasteiger partial charge in [0.1, 0.15) is 11.6 Å². The van der Waals surface area contributed by atoms with E-state index in [1.165, 1.54) is 31.2 Å². The summed E-state index contributed by atoms with van der Waals surface area (Å²) in [6, 6.07) is 3.66. The van der Waals surface area contributed by atoms with Crippen LogP contribution in [0.3, 0.4) is 0 Å². The van der Waals surface area contributed by atoms with Gasteiger partial charge in [0, 0.05) is 30.4 Å². The maximum Gasteiger partial charge on any atom is 0.407 e. The Kier molecular flexibility index (Phi) is 10.2. The van der Waals surface area contributed by atoms with E-state index < -0.39 is 34.6 Å². The first-order chi connectivity index (χ1) is 15.2. The molecular formula is C22H35N5O6. The number of anilines is 1. The Bertz CT molecular complexity index is 835. The monoisotopic (exact) mass is 465 g/mol. The summed E-state index contributed by atoms with van der Waals surface area (Å²) in [5.41, 5.74) is -0.321. The van der Waals surface area contributed by atoms with Crippen molar-refractivity contribution in [1.82, 2.24) is 16.0 Å². The van der Waals surface area contributed by atoms with Gasteiger partial charge in [-0.25, -0.2) is 4.79 Å².